The fourth-order valence-corrected chi connectivity index (χ4v) is 5.38. The zero-order valence-electron chi connectivity index (χ0n) is 25.8. The van der Waals surface area contributed by atoms with Crippen LogP contribution < -0.4 is 4.74 Å². The van der Waals surface area contributed by atoms with E-state index in [2.05, 4.69) is 39.8 Å². The van der Waals surface area contributed by atoms with Crippen LogP contribution in [0.15, 0.2) is 24.3 Å². The van der Waals surface area contributed by atoms with Gasteiger partial charge in [0, 0.05) is 0 Å². The van der Waals surface area contributed by atoms with Gasteiger partial charge in [-0.2, -0.15) is 0 Å². The number of phenols is 2. The van der Waals surface area contributed by atoms with Gasteiger partial charge in [-0.15, -0.1) is 0 Å². The van der Waals surface area contributed by atoms with Crippen LogP contribution in [0.5, 0.6) is 23.0 Å². The topological polar surface area (TPSA) is 49.7 Å². The monoisotopic (exact) mass is 538 g/mol. The van der Waals surface area contributed by atoms with Crippen molar-refractivity contribution in [3.05, 3.63) is 46.5 Å². The standard InChI is InChI=1S/C36H58O3/c1-5-9-13-17-21-29-27-35(31(25-33(29)37)23-19-15-11-7-3)39-36-28-30(22-18-14-10-6-2)34(38)26-32(36)24-20-16-12-8-4/h25-28,37-38H,5-24H2,1-4H3. The van der Waals surface area contributed by atoms with Crippen molar-refractivity contribution in [3.63, 3.8) is 0 Å². The largest absolute Gasteiger partial charge is 0.508 e. The highest BCUT2D eigenvalue weighted by atomic mass is 16.5. The van der Waals surface area contributed by atoms with Gasteiger partial charge >= 0.3 is 0 Å². The minimum absolute atomic E-state index is 0.409. The predicted octanol–water partition coefficient (Wildman–Crippen LogP) is 11.4. The first kappa shape index (κ1) is 33.0. The number of aromatic hydroxyl groups is 2. The van der Waals surface area contributed by atoms with Crippen LogP contribution in [-0.2, 0) is 25.7 Å². The molecule has 0 aromatic heterocycles. The third-order valence-corrected chi connectivity index (χ3v) is 7.94. The molecule has 220 valence electrons. The number of hydrogen-bond donors (Lipinski definition) is 2. The van der Waals surface area contributed by atoms with Gasteiger partial charge in [0.2, 0.25) is 0 Å². The fraction of sp³-hybridized carbons (Fsp3) is 0.667. The zero-order valence-corrected chi connectivity index (χ0v) is 25.8. The van der Waals surface area contributed by atoms with E-state index >= 15 is 0 Å². The third kappa shape index (κ3) is 12.3. The van der Waals surface area contributed by atoms with Gasteiger partial charge in [0.1, 0.15) is 23.0 Å². The maximum absolute atomic E-state index is 10.9. The van der Waals surface area contributed by atoms with E-state index in [0.717, 1.165) is 85.1 Å². The Morgan fingerprint density at radius 2 is 0.718 bits per heavy atom. The summed E-state index contributed by atoms with van der Waals surface area (Å²) in [5.41, 5.74) is 4.16. The van der Waals surface area contributed by atoms with E-state index in [1.54, 1.807) is 0 Å². The van der Waals surface area contributed by atoms with E-state index in [9.17, 15) is 10.2 Å². The molecule has 0 unspecified atom stereocenters. The Balaban J connectivity index is 2.37. The maximum Gasteiger partial charge on any atom is 0.131 e. The molecule has 0 radical (unpaired) electrons. The summed E-state index contributed by atoms with van der Waals surface area (Å²) in [6.45, 7) is 8.93. The number of phenolic OH excluding ortho intramolecular Hbond substituents is 2. The quantitative estimate of drug-likeness (QED) is 0.147. The molecule has 0 atom stereocenters. The summed E-state index contributed by atoms with van der Waals surface area (Å²) in [5.74, 6) is 2.58. The van der Waals surface area contributed by atoms with Crippen molar-refractivity contribution in [2.75, 3.05) is 0 Å². The summed E-state index contributed by atoms with van der Waals surface area (Å²) >= 11 is 0. The number of ether oxygens (including phenoxy) is 1. The van der Waals surface area contributed by atoms with Gasteiger partial charge in [-0.1, -0.05) is 105 Å². The molecular formula is C36H58O3. The van der Waals surface area contributed by atoms with Gasteiger partial charge in [0.15, 0.2) is 0 Å². The van der Waals surface area contributed by atoms with E-state index in [0.29, 0.717) is 11.5 Å². The summed E-state index contributed by atoms with van der Waals surface area (Å²) < 4.78 is 6.78. The number of hydrogen-bond acceptors (Lipinski definition) is 3. The molecule has 0 amide bonds. The molecule has 3 heteroatoms. The maximum atomic E-state index is 10.9. The fourth-order valence-electron chi connectivity index (χ4n) is 5.38. The van der Waals surface area contributed by atoms with Crippen LogP contribution in [-0.4, -0.2) is 10.2 Å². The predicted molar refractivity (Wildman–Crippen MR) is 168 cm³/mol. The first-order valence-corrected chi connectivity index (χ1v) is 16.4. The molecule has 0 aliphatic carbocycles. The number of unbranched alkanes of at least 4 members (excludes halogenated alkanes) is 12. The van der Waals surface area contributed by atoms with Crippen LogP contribution >= 0.6 is 0 Å². The molecule has 3 nitrogen and oxygen atoms in total. The van der Waals surface area contributed by atoms with E-state index in [1.807, 2.05) is 12.1 Å². The van der Waals surface area contributed by atoms with Crippen molar-refractivity contribution >= 4 is 0 Å². The van der Waals surface area contributed by atoms with E-state index in [4.69, 9.17) is 4.74 Å². The van der Waals surface area contributed by atoms with Gasteiger partial charge in [0.25, 0.3) is 0 Å². The van der Waals surface area contributed by atoms with E-state index in [1.165, 1.54) is 77.0 Å². The molecule has 0 aliphatic rings. The van der Waals surface area contributed by atoms with Crippen molar-refractivity contribution in [1.82, 2.24) is 0 Å². The van der Waals surface area contributed by atoms with Crippen molar-refractivity contribution in [3.8, 4) is 23.0 Å². The number of aryl methyl sites for hydroxylation is 4. The highest BCUT2D eigenvalue weighted by molar-refractivity contribution is 5.51. The molecule has 2 aromatic carbocycles. The van der Waals surface area contributed by atoms with Crippen molar-refractivity contribution in [1.29, 1.82) is 0 Å². The molecular weight excluding hydrogens is 480 g/mol. The van der Waals surface area contributed by atoms with E-state index < -0.39 is 0 Å². The van der Waals surface area contributed by atoms with Crippen molar-refractivity contribution in [2.45, 2.75) is 156 Å². The molecule has 0 fully saturated rings. The Hall–Kier alpha value is -2.16. The van der Waals surface area contributed by atoms with Crippen LogP contribution in [0.25, 0.3) is 0 Å². The summed E-state index contributed by atoms with van der Waals surface area (Å²) in [5, 5.41) is 21.8. The average molecular weight is 539 g/mol. The van der Waals surface area contributed by atoms with Gasteiger partial charge in [-0.05, 0) is 97.9 Å². The molecule has 2 aromatic rings. The van der Waals surface area contributed by atoms with Gasteiger partial charge in [-0.3, -0.25) is 0 Å². The summed E-state index contributed by atoms with van der Waals surface area (Å²) in [6.07, 6.45) is 22.5. The minimum Gasteiger partial charge on any atom is -0.508 e. The van der Waals surface area contributed by atoms with Crippen molar-refractivity contribution < 1.29 is 14.9 Å². The Morgan fingerprint density at radius 3 is 1.03 bits per heavy atom. The zero-order chi connectivity index (χ0) is 28.3. The third-order valence-electron chi connectivity index (χ3n) is 7.94. The Morgan fingerprint density at radius 1 is 0.410 bits per heavy atom. The summed E-state index contributed by atoms with van der Waals surface area (Å²) in [4.78, 5) is 0. The lowest BCUT2D eigenvalue weighted by atomic mass is 9.98. The first-order valence-electron chi connectivity index (χ1n) is 16.4. The normalized spacial score (nSPS) is 11.3. The molecule has 0 saturated heterocycles. The molecule has 0 heterocycles. The summed E-state index contributed by atoms with van der Waals surface area (Å²) in [6, 6.07) is 8.13. The molecule has 0 aliphatic heterocycles. The van der Waals surface area contributed by atoms with Crippen LogP contribution in [0.2, 0.25) is 0 Å². The number of rotatable bonds is 22. The van der Waals surface area contributed by atoms with Gasteiger partial charge < -0.3 is 14.9 Å². The van der Waals surface area contributed by atoms with Gasteiger partial charge in [0.05, 0.1) is 0 Å². The SMILES string of the molecule is CCCCCCc1cc(Oc2cc(CCCCCC)c(O)cc2CCCCCC)c(CCCCCC)cc1O. The molecule has 0 spiro atoms. The van der Waals surface area contributed by atoms with Crippen LogP contribution in [0, 0.1) is 0 Å². The minimum atomic E-state index is 0.409. The Labute approximate surface area is 240 Å². The lowest BCUT2D eigenvalue weighted by Crippen LogP contribution is -2.00. The second-order valence-corrected chi connectivity index (χ2v) is 11.5. The van der Waals surface area contributed by atoms with Crippen LogP contribution in [0.1, 0.15) is 153 Å². The average Bonchev–Trinajstić information content (AvgIpc) is 2.93. The van der Waals surface area contributed by atoms with E-state index in [-0.39, 0.29) is 0 Å². The smallest absolute Gasteiger partial charge is 0.131 e. The molecule has 39 heavy (non-hydrogen) atoms. The van der Waals surface area contributed by atoms with Crippen LogP contribution in [0.3, 0.4) is 0 Å². The van der Waals surface area contributed by atoms with Gasteiger partial charge in [-0.25, -0.2) is 0 Å². The molecule has 0 saturated carbocycles. The lowest BCUT2D eigenvalue weighted by molar-refractivity contribution is 0.440. The highest BCUT2D eigenvalue weighted by Crippen LogP contribution is 2.38. The highest BCUT2D eigenvalue weighted by Gasteiger charge is 2.16. The van der Waals surface area contributed by atoms with Crippen LogP contribution in [0.4, 0.5) is 0 Å². The second kappa shape index (κ2) is 19.8. The Kier molecular flexibility index (Phi) is 16.8. The second-order valence-electron chi connectivity index (χ2n) is 11.5. The molecule has 0 bridgehead atoms. The molecule has 2 rings (SSSR count). The molecule has 2 N–H and O–H groups in total. The first-order chi connectivity index (χ1) is 19.0. The number of benzene rings is 2. The lowest BCUT2D eigenvalue weighted by Gasteiger charge is -2.19. The van der Waals surface area contributed by atoms with Crippen molar-refractivity contribution in [2.24, 2.45) is 0 Å². The summed E-state index contributed by atoms with van der Waals surface area (Å²) in [7, 11) is 0. The Bertz CT molecular complexity index is 858.